The number of nitrogens with one attached hydrogen (secondary N) is 1. The van der Waals surface area contributed by atoms with E-state index in [9.17, 15) is 4.79 Å². The Bertz CT molecular complexity index is 918. The Labute approximate surface area is 137 Å². The summed E-state index contributed by atoms with van der Waals surface area (Å²) in [7, 11) is 1.53. The van der Waals surface area contributed by atoms with Crippen LogP contribution in [0.3, 0.4) is 0 Å². The molecule has 8 nitrogen and oxygen atoms in total. The average molecular weight is 324 g/mol. The number of nitrogens with zero attached hydrogens (tertiary/aromatic N) is 5. The Morgan fingerprint density at radius 2 is 2.17 bits per heavy atom. The van der Waals surface area contributed by atoms with Crippen molar-refractivity contribution in [2.75, 3.05) is 12.4 Å². The maximum absolute atomic E-state index is 12.7. The Morgan fingerprint density at radius 1 is 1.38 bits per heavy atom. The van der Waals surface area contributed by atoms with Gasteiger partial charge in [-0.25, -0.2) is 9.97 Å². The molecule has 3 aromatic rings. The van der Waals surface area contributed by atoms with Crippen LogP contribution in [0, 0.1) is 0 Å². The molecule has 4 rings (SSSR count). The molecule has 3 heterocycles. The van der Waals surface area contributed by atoms with Crippen molar-refractivity contribution in [2.45, 2.75) is 25.7 Å². The Hall–Kier alpha value is -3.03. The van der Waals surface area contributed by atoms with Gasteiger partial charge in [0.2, 0.25) is 5.95 Å². The zero-order valence-corrected chi connectivity index (χ0v) is 13.4. The van der Waals surface area contributed by atoms with Crippen molar-refractivity contribution in [3.63, 3.8) is 0 Å². The van der Waals surface area contributed by atoms with Crippen molar-refractivity contribution in [2.24, 2.45) is 0 Å². The van der Waals surface area contributed by atoms with E-state index in [-0.39, 0.29) is 11.9 Å². The van der Waals surface area contributed by atoms with Gasteiger partial charge in [0.05, 0.1) is 25.1 Å². The number of ether oxygens (including phenoxy) is 1. The minimum atomic E-state index is -0.305. The van der Waals surface area contributed by atoms with E-state index in [4.69, 9.17) is 4.74 Å². The van der Waals surface area contributed by atoms with Gasteiger partial charge in [-0.15, -0.1) is 10.2 Å². The topological polar surface area (TPSA) is 94.3 Å². The van der Waals surface area contributed by atoms with Crippen molar-refractivity contribution in [1.29, 1.82) is 0 Å². The third kappa shape index (κ3) is 2.27. The van der Waals surface area contributed by atoms with Crippen LogP contribution in [-0.4, -0.2) is 37.6 Å². The molecule has 0 fully saturated rings. The summed E-state index contributed by atoms with van der Waals surface area (Å²) in [6, 6.07) is 1.91. The first-order chi connectivity index (χ1) is 11.7. The van der Waals surface area contributed by atoms with E-state index in [0.717, 1.165) is 12.8 Å². The Morgan fingerprint density at radius 3 is 2.92 bits per heavy atom. The predicted octanol–water partition coefficient (Wildman–Crippen LogP) is 1.83. The molecule has 1 aliphatic carbocycles. The van der Waals surface area contributed by atoms with Gasteiger partial charge in [0, 0.05) is 5.69 Å². The summed E-state index contributed by atoms with van der Waals surface area (Å²) in [4.78, 5) is 20.8. The lowest BCUT2D eigenvalue weighted by molar-refractivity contribution is 0.102. The van der Waals surface area contributed by atoms with E-state index in [0.29, 0.717) is 22.9 Å². The number of anilines is 1. The van der Waals surface area contributed by atoms with Gasteiger partial charge in [0.1, 0.15) is 6.33 Å². The molecule has 0 unspecified atom stereocenters. The number of methoxy groups -OCH3 is 1. The quantitative estimate of drug-likeness (QED) is 0.790. The van der Waals surface area contributed by atoms with Gasteiger partial charge >= 0.3 is 0 Å². The van der Waals surface area contributed by atoms with E-state index >= 15 is 0 Å². The fourth-order valence-electron chi connectivity index (χ4n) is 3.08. The number of rotatable bonds is 3. The number of fused-ring (bicyclic) bond motifs is 3. The van der Waals surface area contributed by atoms with Crippen LogP contribution in [-0.2, 0) is 6.42 Å². The van der Waals surface area contributed by atoms with E-state index in [1.807, 2.05) is 10.5 Å². The summed E-state index contributed by atoms with van der Waals surface area (Å²) < 4.78 is 6.91. The number of aromatic nitrogens is 5. The van der Waals surface area contributed by atoms with Gasteiger partial charge in [-0.2, -0.15) is 0 Å². The zero-order valence-electron chi connectivity index (χ0n) is 13.4. The maximum Gasteiger partial charge on any atom is 0.261 e. The number of hydrogen-bond acceptors (Lipinski definition) is 6. The lowest BCUT2D eigenvalue weighted by atomic mass is 10.0. The van der Waals surface area contributed by atoms with E-state index < -0.39 is 0 Å². The Kier molecular flexibility index (Phi) is 3.37. The predicted molar refractivity (Wildman–Crippen MR) is 86.3 cm³/mol. The second-order valence-corrected chi connectivity index (χ2v) is 5.82. The summed E-state index contributed by atoms with van der Waals surface area (Å²) in [6.07, 6.45) is 6.69. The second kappa shape index (κ2) is 5.55. The molecular weight excluding hydrogens is 308 g/mol. The molecule has 1 atom stereocenters. The van der Waals surface area contributed by atoms with E-state index in [1.54, 1.807) is 6.33 Å². The van der Waals surface area contributed by atoms with Gasteiger partial charge in [-0.1, -0.05) is 6.92 Å². The van der Waals surface area contributed by atoms with Crippen LogP contribution < -0.4 is 10.1 Å². The number of amides is 1. The smallest absolute Gasteiger partial charge is 0.261 e. The number of aryl methyl sites for hydroxylation is 1. The largest absolute Gasteiger partial charge is 0.494 e. The van der Waals surface area contributed by atoms with Gasteiger partial charge in [-0.05, 0) is 30.4 Å². The summed E-state index contributed by atoms with van der Waals surface area (Å²) in [5.74, 6) is 0.849. The minimum Gasteiger partial charge on any atom is -0.494 e. The van der Waals surface area contributed by atoms with Crippen molar-refractivity contribution in [1.82, 2.24) is 24.6 Å². The lowest BCUT2D eigenvalue weighted by Gasteiger charge is -2.10. The van der Waals surface area contributed by atoms with Crippen LogP contribution in [0.1, 0.15) is 40.9 Å². The first kappa shape index (κ1) is 14.6. The van der Waals surface area contributed by atoms with Crippen LogP contribution in [0.5, 0.6) is 5.75 Å². The zero-order chi connectivity index (χ0) is 16.7. The molecule has 0 radical (unpaired) electrons. The number of pyridine rings is 1. The number of carbonyl (C=O) groups excluding carboxylic acids is 1. The number of hydrogen-bond donors (Lipinski definition) is 1. The number of carbonyl (C=O) groups is 1. The highest BCUT2D eigenvalue weighted by Gasteiger charge is 2.25. The monoisotopic (exact) mass is 324 g/mol. The molecule has 0 saturated heterocycles. The molecule has 24 heavy (non-hydrogen) atoms. The van der Waals surface area contributed by atoms with E-state index in [2.05, 4.69) is 32.4 Å². The molecule has 3 aromatic heterocycles. The molecule has 1 N–H and O–H groups in total. The van der Waals surface area contributed by atoms with Crippen molar-refractivity contribution >= 4 is 17.5 Å². The molecule has 1 amide bonds. The lowest BCUT2D eigenvalue weighted by Crippen LogP contribution is -2.16. The van der Waals surface area contributed by atoms with Gasteiger partial charge in [-0.3, -0.25) is 14.5 Å². The fourth-order valence-corrected chi connectivity index (χ4v) is 3.08. The van der Waals surface area contributed by atoms with Crippen molar-refractivity contribution in [3.8, 4) is 5.75 Å². The van der Waals surface area contributed by atoms with Crippen LogP contribution in [0.4, 0.5) is 5.95 Å². The standard InChI is InChI=1S/C16H16N6O2/c1-9-3-4-13-11(9)5-12(14-21-19-8-22(13)14)15(23)20-16-17-6-10(24-2)7-18-16/h5-9H,3-4H2,1-2H3,(H,17,18,20,23)/t9-/m0/s1. The van der Waals surface area contributed by atoms with Crippen LogP contribution >= 0.6 is 0 Å². The Balaban J connectivity index is 1.71. The maximum atomic E-state index is 12.7. The third-order valence-electron chi connectivity index (χ3n) is 4.39. The first-order valence-corrected chi connectivity index (χ1v) is 7.70. The molecule has 0 spiro atoms. The van der Waals surface area contributed by atoms with Crippen LogP contribution in [0.15, 0.2) is 24.8 Å². The highest BCUT2D eigenvalue weighted by Crippen LogP contribution is 2.34. The molecule has 0 saturated carbocycles. The highest BCUT2D eigenvalue weighted by atomic mass is 16.5. The van der Waals surface area contributed by atoms with Gasteiger partial charge in [0.15, 0.2) is 11.4 Å². The molecule has 0 bridgehead atoms. The summed E-state index contributed by atoms with van der Waals surface area (Å²) >= 11 is 0. The van der Waals surface area contributed by atoms with Crippen LogP contribution in [0.2, 0.25) is 0 Å². The normalized spacial score (nSPS) is 16.2. The van der Waals surface area contributed by atoms with Crippen molar-refractivity contribution in [3.05, 3.63) is 41.6 Å². The van der Waals surface area contributed by atoms with Gasteiger partial charge < -0.3 is 4.74 Å². The second-order valence-electron chi connectivity index (χ2n) is 5.82. The minimum absolute atomic E-state index is 0.215. The first-order valence-electron chi connectivity index (χ1n) is 7.70. The van der Waals surface area contributed by atoms with Gasteiger partial charge in [0.25, 0.3) is 5.91 Å². The molecule has 122 valence electrons. The molecule has 0 aliphatic heterocycles. The summed E-state index contributed by atoms with van der Waals surface area (Å²) in [5.41, 5.74) is 3.37. The average Bonchev–Trinajstić information content (AvgIpc) is 3.21. The third-order valence-corrected chi connectivity index (χ3v) is 4.39. The molecule has 8 heteroatoms. The molecule has 1 aliphatic rings. The SMILES string of the molecule is COc1cnc(NC(=O)c2cc3c(n4cnnc24)CC[C@@H]3C)nc1. The summed E-state index contributed by atoms with van der Waals surface area (Å²) in [5, 5.41) is 10.8. The van der Waals surface area contributed by atoms with Crippen molar-refractivity contribution < 1.29 is 9.53 Å². The van der Waals surface area contributed by atoms with E-state index in [1.165, 1.54) is 30.8 Å². The fraction of sp³-hybridized carbons (Fsp3) is 0.312. The highest BCUT2D eigenvalue weighted by molar-refractivity contribution is 6.07. The molecule has 0 aromatic carbocycles. The molecular formula is C16H16N6O2. The van der Waals surface area contributed by atoms with Crippen LogP contribution in [0.25, 0.3) is 5.65 Å². The summed E-state index contributed by atoms with van der Waals surface area (Å²) in [6.45, 7) is 2.16.